The average molecular weight is 341 g/mol. The molecule has 24 heavy (non-hydrogen) atoms. The number of carbonyl (C=O) groups is 3. The van der Waals surface area contributed by atoms with Gasteiger partial charge >= 0.3 is 6.09 Å². The number of likely N-dealkylation sites (tertiary alicyclic amines) is 1. The van der Waals surface area contributed by atoms with Gasteiger partial charge in [0, 0.05) is 39.0 Å². The third-order valence-electron chi connectivity index (χ3n) is 3.88. The van der Waals surface area contributed by atoms with Gasteiger partial charge in [-0.15, -0.1) is 0 Å². The molecule has 0 bridgehead atoms. The zero-order valence-corrected chi connectivity index (χ0v) is 15.3. The highest BCUT2D eigenvalue weighted by Crippen LogP contribution is 2.17. The Kier molecular flexibility index (Phi) is 8.01. The fraction of sp³-hybridized carbons (Fsp3) is 0.824. The lowest BCUT2D eigenvalue weighted by atomic mass is 9.96. The summed E-state index contributed by atoms with van der Waals surface area (Å²) in [5.41, 5.74) is -0.539. The zero-order chi connectivity index (χ0) is 18.2. The molecule has 1 rings (SSSR count). The van der Waals surface area contributed by atoms with E-state index in [-0.39, 0.29) is 24.8 Å². The first-order chi connectivity index (χ1) is 11.2. The standard InChI is InChI=1S/C17H31N3O4/c1-5-14(21)19-12-13-7-10-20(11-8-13)15(22)6-9-18-16(23)24-17(2,3)4/h13H,5-12H2,1-4H3,(H,18,23)(H,19,21). The molecule has 0 radical (unpaired) electrons. The number of rotatable bonds is 6. The normalized spacial score (nSPS) is 15.8. The van der Waals surface area contributed by atoms with Crippen molar-refractivity contribution in [2.45, 2.75) is 59.0 Å². The molecule has 0 unspecified atom stereocenters. The van der Waals surface area contributed by atoms with Gasteiger partial charge in [0.2, 0.25) is 11.8 Å². The predicted octanol–water partition coefficient (Wildman–Crippen LogP) is 1.67. The van der Waals surface area contributed by atoms with Crippen LogP contribution in [0.5, 0.6) is 0 Å². The van der Waals surface area contributed by atoms with E-state index in [1.807, 2.05) is 11.8 Å². The van der Waals surface area contributed by atoms with Crippen LogP contribution in [-0.2, 0) is 14.3 Å². The van der Waals surface area contributed by atoms with Crippen molar-refractivity contribution >= 4 is 17.9 Å². The topological polar surface area (TPSA) is 87.7 Å². The lowest BCUT2D eigenvalue weighted by molar-refractivity contribution is -0.132. The van der Waals surface area contributed by atoms with E-state index in [1.54, 1.807) is 20.8 Å². The Morgan fingerprint density at radius 3 is 2.29 bits per heavy atom. The number of ether oxygens (including phenoxy) is 1. The van der Waals surface area contributed by atoms with Crippen LogP contribution in [0.15, 0.2) is 0 Å². The summed E-state index contributed by atoms with van der Waals surface area (Å²) in [6.45, 7) is 9.60. The van der Waals surface area contributed by atoms with Crippen molar-refractivity contribution in [3.8, 4) is 0 Å². The molecule has 0 aromatic carbocycles. The SMILES string of the molecule is CCC(=O)NCC1CCN(C(=O)CCNC(=O)OC(C)(C)C)CC1. The van der Waals surface area contributed by atoms with Crippen molar-refractivity contribution < 1.29 is 19.1 Å². The minimum Gasteiger partial charge on any atom is -0.444 e. The molecule has 1 saturated heterocycles. The number of piperidine rings is 1. The van der Waals surface area contributed by atoms with Gasteiger partial charge in [-0.05, 0) is 39.5 Å². The monoisotopic (exact) mass is 341 g/mol. The maximum atomic E-state index is 12.1. The van der Waals surface area contributed by atoms with Gasteiger partial charge in [-0.3, -0.25) is 9.59 Å². The van der Waals surface area contributed by atoms with Crippen LogP contribution in [0.3, 0.4) is 0 Å². The minimum atomic E-state index is -0.539. The fourth-order valence-electron chi connectivity index (χ4n) is 2.51. The molecule has 0 atom stereocenters. The van der Waals surface area contributed by atoms with Crippen molar-refractivity contribution in [2.24, 2.45) is 5.92 Å². The van der Waals surface area contributed by atoms with Crippen molar-refractivity contribution in [1.82, 2.24) is 15.5 Å². The summed E-state index contributed by atoms with van der Waals surface area (Å²) < 4.78 is 5.13. The van der Waals surface area contributed by atoms with Crippen LogP contribution in [0.1, 0.15) is 53.4 Å². The molecule has 1 heterocycles. The summed E-state index contributed by atoms with van der Waals surface area (Å²) in [4.78, 5) is 36.8. The van der Waals surface area contributed by atoms with Crippen LogP contribution in [0.4, 0.5) is 4.79 Å². The number of hydrogen-bond acceptors (Lipinski definition) is 4. The van der Waals surface area contributed by atoms with Crippen LogP contribution in [-0.4, -0.2) is 54.6 Å². The number of amides is 3. The van der Waals surface area contributed by atoms with Crippen molar-refractivity contribution in [2.75, 3.05) is 26.2 Å². The van der Waals surface area contributed by atoms with Gasteiger partial charge in [0.25, 0.3) is 0 Å². The number of carbonyl (C=O) groups excluding carboxylic acids is 3. The molecule has 1 aliphatic heterocycles. The minimum absolute atomic E-state index is 0.0436. The van der Waals surface area contributed by atoms with Gasteiger partial charge in [-0.2, -0.15) is 0 Å². The lowest BCUT2D eigenvalue weighted by Gasteiger charge is -2.32. The van der Waals surface area contributed by atoms with Gasteiger partial charge in [-0.25, -0.2) is 4.79 Å². The molecule has 0 aromatic rings. The summed E-state index contributed by atoms with van der Waals surface area (Å²) in [7, 11) is 0. The van der Waals surface area contributed by atoms with Crippen LogP contribution in [0, 0.1) is 5.92 Å². The van der Waals surface area contributed by atoms with Gasteiger partial charge in [0.15, 0.2) is 0 Å². The number of nitrogens with zero attached hydrogens (tertiary/aromatic N) is 1. The molecule has 0 saturated carbocycles. The number of nitrogens with one attached hydrogen (secondary N) is 2. The number of alkyl carbamates (subject to hydrolysis) is 1. The Morgan fingerprint density at radius 1 is 1.12 bits per heavy atom. The molecule has 3 amide bonds. The Labute approximate surface area is 144 Å². The van der Waals surface area contributed by atoms with Crippen molar-refractivity contribution in [3.05, 3.63) is 0 Å². The summed E-state index contributed by atoms with van der Waals surface area (Å²) in [5.74, 6) is 0.549. The molecule has 2 N–H and O–H groups in total. The van der Waals surface area contributed by atoms with Crippen LogP contribution >= 0.6 is 0 Å². The van der Waals surface area contributed by atoms with E-state index < -0.39 is 11.7 Å². The van der Waals surface area contributed by atoms with Crippen LogP contribution < -0.4 is 10.6 Å². The quantitative estimate of drug-likeness (QED) is 0.769. The lowest BCUT2D eigenvalue weighted by Crippen LogP contribution is -2.42. The smallest absolute Gasteiger partial charge is 0.407 e. The van der Waals surface area contributed by atoms with E-state index in [1.165, 1.54) is 0 Å². The van der Waals surface area contributed by atoms with E-state index in [4.69, 9.17) is 4.74 Å². The predicted molar refractivity (Wildman–Crippen MR) is 91.5 cm³/mol. The van der Waals surface area contributed by atoms with Gasteiger partial charge in [0.1, 0.15) is 5.60 Å². The third kappa shape index (κ3) is 8.17. The molecule has 7 heteroatoms. The third-order valence-corrected chi connectivity index (χ3v) is 3.88. The van der Waals surface area contributed by atoms with Crippen LogP contribution in [0.25, 0.3) is 0 Å². The first-order valence-electron chi connectivity index (χ1n) is 8.72. The summed E-state index contributed by atoms with van der Waals surface area (Å²) in [6.07, 6.45) is 2.07. The van der Waals surface area contributed by atoms with Crippen LogP contribution in [0.2, 0.25) is 0 Å². The highest BCUT2D eigenvalue weighted by molar-refractivity contribution is 5.77. The van der Waals surface area contributed by atoms with Gasteiger partial charge in [0.05, 0.1) is 0 Å². The summed E-state index contributed by atoms with van der Waals surface area (Å²) >= 11 is 0. The zero-order valence-electron chi connectivity index (χ0n) is 15.3. The number of hydrogen-bond donors (Lipinski definition) is 2. The molecule has 138 valence electrons. The molecule has 0 spiro atoms. The second-order valence-electron chi connectivity index (χ2n) is 7.16. The van der Waals surface area contributed by atoms with E-state index in [0.29, 0.717) is 32.0 Å². The Hall–Kier alpha value is -1.79. The maximum Gasteiger partial charge on any atom is 0.407 e. The van der Waals surface area contributed by atoms with Gasteiger partial charge < -0.3 is 20.3 Å². The highest BCUT2D eigenvalue weighted by Gasteiger charge is 2.23. The second kappa shape index (κ2) is 9.49. The largest absolute Gasteiger partial charge is 0.444 e. The Morgan fingerprint density at radius 2 is 1.75 bits per heavy atom. The molecule has 0 aromatic heterocycles. The van der Waals surface area contributed by atoms with E-state index >= 15 is 0 Å². The maximum absolute atomic E-state index is 12.1. The summed E-state index contributed by atoms with van der Waals surface area (Å²) in [6, 6.07) is 0. The molecule has 1 fully saturated rings. The average Bonchev–Trinajstić information content (AvgIpc) is 2.51. The fourth-order valence-corrected chi connectivity index (χ4v) is 2.51. The molecular formula is C17H31N3O4. The first kappa shape index (κ1) is 20.3. The van der Waals surface area contributed by atoms with Crippen molar-refractivity contribution in [1.29, 1.82) is 0 Å². The molecule has 1 aliphatic rings. The second-order valence-corrected chi connectivity index (χ2v) is 7.16. The molecule has 0 aliphatic carbocycles. The molecular weight excluding hydrogens is 310 g/mol. The highest BCUT2D eigenvalue weighted by atomic mass is 16.6. The van der Waals surface area contributed by atoms with E-state index in [2.05, 4.69) is 10.6 Å². The Bertz CT molecular complexity index is 438. The van der Waals surface area contributed by atoms with E-state index in [9.17, 15) is 14.4 Å². The molecule has 7 nitrogen and oxygen atoms in total. The van der Waals surface area contributed by atoms with E-state index in [0.717, 1.165) is 12.8 Å². The van der Waals surface area contributed by atoms with Gasteiger partial charge in [-0.1, -0.05) is 6.92 Å². The first-order valence-corrected chi connectivity index (χ1v) is 8.72. The summed E-state index contributed by atoms with van der Waals surface area (Å²) in [5, 5.41) is 5.51. The Balaban J connectivity index is 2.19. The van der Waals surface area contributed by atoms with Crippen molar-refractivity contribution in [3.63, 3.8) is 0 Å².